The molecule has 2 fully saturated rings. The predicted octanol–water partition coefficient (Wildman–Crippen LogP) is 1.61. The van der Waals surface area contributed by atoms with Crippen LogP contribution in [0.1, 0.15) is 15.9 Å². The molecular weight excluding hydrogens is 444 g/mol. The molecule has 0 N–H and O–H groups in total. The Morgan fingerprint density at radius 2 is 1.66 bits per heavy atom. The summed E-state index contributed by atoms with van der Waals surface area (Å²) >= 11 is 0. The molecule has 0 aliphatic carbocycles. The first-order valence-electron chi connectivity index (χ1n) is 12.1. The Hall–Kier alpha value is -3.56. The number of carbonyl (C=O) groups is 2. The second-order valence-electron chi connectivity index (χ2n) is 8.88. The van der Waals surface area contributed by atoms with Crippen LogP contribution in [0.3, 0.4) is 0 Å². The summed E-state index contributed by atoms with van der Waals surface area (Å²) in [5.74, 6) is 0.0939. The van der Waals surface area contributed by atoms with Crippen LogP contribution < -0.4 is 0 Å². The van der Waals surface area contributed by atoms with E-state index in [-0.39, 0.29) is 11.8 Å². The lowest BCUT2D eigenvalue weighted by Crippen LogP contribution is -2.52. The highest BCUT2D eigenvalue weighted by molar-refractivity contribution is 5.99. The van der Waals surface area contributed by atoms with Crippen molar-refractivity contribution in [2.24, 2.45) is 0 Å². The van der Waals surface area contributed by atoms with Crippen molar-refractivity contribution in [2.75, 3.05) is 59.0 Å². The van der Waals surface area contributed by atoms with Gasteiger partial charge in [-0.25, -0.2) is 0 Å². The normalized spacial score (nSPS) is 16.9. The van der Waals surface area contributed by atoms with Crippen molar-refractivity contribution in [1.29, 1.82) is 0 Å². The summed E-state index contributed by atoms with van der Waals surface area (Å²) in [6, 6.07) is 13.8. The van der Waals surface area contributed by atoms with Crippen LogP contribution in [0.15, 0.2) is 61.1 Å². The van der Waals surface area contributed by atoms with E-state index in [2.05, 4.69) is 9.88 Å². The number of amides is 2. The fourth-order valence-corrected chi connectivity index (χ4v) is 4.53. The molecular formula is C26H30N6O3. The van der Waals surface area contributed by atoms with Crippen molar-refractivity contribution in [2.45, 2.75) is 6.54 Å². The fraction of sp³-hybridized carbons (Fsp3) is 0.385. The molecule has 0 atom stereocenters. The summed E-state index contributed by atoms with van der Waals surface area (Å²) in [6.07, 6.45) is 5.29. The molecule has 5 rings (SSSR count). The summed E-state index contributed by atoms with van der Waals surface area (Å²) in [4.78, 5) is 36.2. The Balaban J connectivity index is 1.27. The van der Waals surface area contributed by atoms with Gasteiger partial charge in [-0.2, -0.15) is 5.10 Å². The maximum absolute atomic E-state index is 13.6. The standard InChI is InChI=1S/C26H30N6O3/c33-24(30-13-15-35-16-14-30)20-29-9-11-31(12-10-29)26(34)23-19-32(18-21-5-2-1-3-6-21)28-25(23)22-7-4-8-27-17-22/h1-8,17,19H,9-16,18,20H2. The van der Waals surface area contributed by atoms with E-state index in [0.29, 0.717) is 76.8 Å². The number of pyridine rings is 1. The van der Waals surface area contributed by atoms with Crippen molar-refractivity contribution in [3.05, 3.63) is 72.2 Å². The third-order valence-electron chi connectivity index (χ3n) is 6.50. The van der Waals surface area contributed by atoms with Crippen LogP contribution in [-0.2, 0) is 16.1 Å². The number of hydrogen-bond acceptors (Lipinski definition) is 6. The van der Waals surface area contributed by atoms with Gasteiger partial charge in [-0.05, 0) is 17.7 Å². The minimum absolute atomic E-state index is 0.0395. The molecule has 3 aromatic rings. The monoisotopic (exact) mass is 474 g/mol. The van der Waals surface area contributed by atoms with Gasteiger partial charge in [0.2, 0.25) is 5.91 Å². The van der Waals surface area contributed by atoms with Crippen LogP contribution >= 0.6 is 0 Å². The quantitative estimate of drug-likeness (QED) is 0.540. The van der Waals surface area contributed by atoms with Crippen LogP contribution in [-0.4, -0.2) is 100 Å². The Labute approximate surface area is 204 Å². The van der Waals surface area contributed by atoms with E-state index in [1.807, 2.05) is 63.1 Å². The molecule has 35 heavy (non-hydrogen) atoms. The molecule has 0 bridgehead atoms. The van der Waals surface area contributed by atoms with E-state index >= 15 is 0 Å². The molecule has 182 valence electrons. The van der Waals surface area contributed by atoms with Gasteiger partial charge in [0.05, 0.1) is 31.9 Å². The molecule has 2 aliphatic heterocycles. The number of hydrogen-bond donors (Lipinski definition) is 0. The average Bonchev–Trinajstić information content (AvgIpc) is 3.34. The van der Waals surface area contributed by atoms with Crippen LogP contribution in [0.2, 0.25) is 0 Å². The topological polar surface area (TPSA) is 83.8 Å². The zero-order chi connectivity index (χ0) is 24.0. The van der Waals surface area contributed by atoms with Gasteiger partial charge in [-0.1, -0.05) is 30.3 Å². The molecule has 2 aliphatic rings. The first-order valence-corrected chi connectivity index (χ1v) is 12.1. The SMILES string of the molecule is O=C(CN1CCN(C(=O)c2cn(Cc3ccccc3)nc2-c2cccnc2)CC1)N1CCOCC1. The van der Waals surface area contributed by atoms with E-state index in [1.165, 1.54) is 0 Å². The van der Waals surface area contributed by atoms with Gasteiger partial charge in [0.25, 0.3) is 5.91 Å². The number of nitrogens with zero attached hydrogens (tertiary/aromatic N) is 6. The Morgan fingerprint density at radius 1 is 0.886 bits per heavy atom. The Kier molecular flexibility index (Phi) is 7.15. The first kappa shape index (κ1) is 23.2. The first-order chi connectivity index (χ1) is 17.2. The molecule has 2 amide bonds. The smallest absolute Gasteiger partial charge is 0.257 e. The number of aromatic nitrogens is 3. The lowest BCUT2D eigenvalue weighted by atomic mass is 10.1. The zero-order valence-electron chi connectivity index (χ0n) is 19.8. The Bertz CT molecular complexity index is 1140. The molecule has 0 unspecified atom stereocenters. The van der Waals surface area contributed by atoms with E-state index in [4.69, 9.17) is 9.84 Å². The highest BCUT2D eigenvalue weighted by Crippen LogP contribution is 2.24. The highest BCUT2D eigenvalue weighted by atomic mass is 16.5. The third-order valence-corrected chi connectivity index (χ3v) is 6.50. The van der Waals surface area contributed by atoms with E-state index < -0.39 is 0 Å². The molecule has 0 spiro atoms. The predicted molar refractivity (Wildman–Crippen MR) is 131 cm³/mol. The molecule has 9 nitrogen and oxygen atoms in total. The van der Waals surface area contributed by atoms with Gasteiger partial charge >= 0.3 is 0 Å². The van der Waals surface area contributed by atoms with Crippen molar-refractivity contribution >= 4 is 11.8 Å². The number of ether oxygens (including phenoxy) is 1. The van der Waals surface area contributed by atoms with Crippen molar-refractivity contribution in [3.63, 3.8) is 0 Å². The second-order valence-corrected chi connectivity index (χ2v) is 8.88. The maximum atomic E-state index is 13.6. The van der Waals surface area contributed by atoms with Gasteiger partial charge in [0.1, 0.15) is 5.69 Å². The van der Waals surface area contributed by atoms with Gasteiger partial charge in [-0.3, -0.25) is 24.2 Å². The molecule has 2 saturated heterocycles. The van der Waals surface area contributed by atoms with Crippen LogP contribution in [0, 0.1) is 0 Å². The van der Waals surface area contributed by atoms with Gasteiger partial charge in [0, 0.05) is 63.4 Å². The summed E-state index contributed by atoms with van der Waals surface area (Å²) in [5.41, 5.74) is 3.15. The molecule has 2 aromatic heterocycles. The Morgan fingerprint density at radius 3 is 2.37 bits per heavy atom. The van der Waals surface area contributed by atoms with Crippen molar-refractivity contribution < 1.29 is 14.3 Å². The van der Waals surface area contributed by atoms with Gasteiger partial charge in [0.15, 0.2) is 0 Å². The number of carbonyl (C=O) groups excluding carboxylic acids is 2. The summed E-state index contributed by atoms with van der Waals surface area (Å²) in [6.45, 7) is 5.97. The van der Waals surface area contributed by atoms with Crippen molar-refractivity contribution in [3.8, 4) is 11.3 Å². The largest absolute Gasteiger partial charge is 0.378 e. The minimum atomic E-state index is -0.0395. The lowest BCUT2D eigenvalue weighted by molar-refractivity contribution is -0.136. The maximum Gasteiger partial charge on any atom is 0.257 e. The van der Waals surface area contributed by atoms with Crippen molar-refractivity contribution in [1.82, 2.24) is 29.5 Å². The zero-order valence-corrected chi connectivity index (χ0v) is 19.8. The molecule has 0 radical (unpaired) electrons. The molecule has 9 heteroatoms. The van der Waals surface area contributed by atoms with Gasteiger partial charge in [-0.15, -0.1) is 0 Å². The molecule has 4 heterocycles. The summed E-state index contributed by atoms with van der Waals surface area (Å²) in [7, 11) is 0. The van der Waals surface area contributed by atoms with Crippen LogP contribution in [0.25, 0.3) is 11.3 Å². The summed E-state index contributed by atoms with van der Waals surface area (Å²) in [5, 5.41) is 4.76. The van der Waals surface area contributed by atoms with E-state index in [9.17, 15) is 9.59 Å². The van der Waals surface area contributed by atoms with E-state index in [1.54, 1.807) is 12.4 Å². The average molecular weight is 475 g/mol. The van der Waals surface area contributed by atoms with Crippen LogP contribution in [0.4, 0.5) is 0 Å². The number of morpholine rings is 1. The second kappa shape index (κ2) is 10.8. The highest BCUT2D eigenvalue weighted by Gasteiger charge is 2.28. The number of piperazine rings is 1. The molecule has 0 saturated carbocycles. The summed E-state index contributed by atoms with van der Waals surface area (Å²) < 4.78 is 7.16. The van der Waals surface area contributed by atoms with E-state index in [0.717, 1.165) is 11.1 Å². The number of rotatable bonds is 6. The minimum Gasteiger partial charge on any atom is -0.378 e. The fourth-order valence-electron chi connectivity index (χ4n) is 4.53. The van der Waals surface area contributed by atoms with Crippen LogP contribution in [0.5, 0.6) is 0 Å². The molecule has 1 aromatic carbocycles. The van der Waals surface area contributed by atoms with Gasteiger partial charge < -0.3 is 14.5 Å². The number of benzene rings is 1. The third kappa shape index (κ3) is 5.58. The lowest BCUT2D eigenvalue weighted by Gasteiger charge is -2.36.